The number of hydrogen-bond donors (Lipinski definition) is 1. The molecule has 7 heteroatoms. The Labute approximate surface area is 93.2 Å². The summed E-state index contributed by atoms with van der Waals surface area (Å²) in [5.41, 5.74) is 0.805. The van der Waals surface area contributed by atoms with Crippen molar-refractivity contribution < 1.29 is 17.6 Å². The fourth-order valence-corrected chi connectivity index (χ4v) is 1.65. The van der Waals surface area contributed by atoms with Gasteiger partial charge >= 0.3 is 12.1 Å². The lowest BCUT2D eigenvalue weighted by molar-refractivity contribution is -0.156. The zero-order valence-electron chi connectivity index (χ0n) is 8.13. The van der Waals surface area contributed by atoms with E-state index in [4.69, 9.17) is 0 Å². The Morgan fingerprint density at radius 1 is 1.38 bits per heavy atom. The molecular weight excluding hydrogens is 241 g/mol. The van der Waals surface area contributed by atoms with Crippen molar-refractivity contribution in [2.75, 3.05) is 11.0 Å². The van der Waals surface area contributed by atoms with Gasteiger partial charge in [-0.1, -0.05) is 18.0 Å². The second-order valence-corrected chi connectivity index (χ2v) is 3.59. The van der Waals surface area contributed by atoms with Crippen LogP contribution < -0.4 is 4.72 Å². The quantitative estimate of drug-likeness (QED) is 0.825. The van der Waals surface area contributed by atoms with Crippen molar-refractivity contribution >= 4 is 28.7 Å². The molecule has 1 heterocycles. The van der Waals surface area contributed by atoms with E-state index in [0.29, 0.717) is 5.69 Å². The number of anilines is 1. The number of benzene rings is 1. The van der Waals surface area contributed by atoms with Gasteiger partial charge in [0.2, 0.25) is 0 Å². The van der Waals surface area contributed by atoms with E-state index in [1.54, 1.807) is 18.4 Å². The number of hydrogen-bond acceptors (Lipinski definition) is 4. The van der Waals surface area contributed by atoms with Gasteiger partial charge in [-0.2, -0.15) is 13.2 Å². The van der Waals surface area contributed by atoms with Crippen molar-refractivity contribution in [3.63, 3.8) is 0 Å². The second-order valence-electron chi connectivity index (χ2n) is 2.98. The summed E-state index contributed by atoms with van der Waals surface area (Å²) in [4.78, 5) is 3.44. The zero-order chi connectivity index (χ0) is 11.8. The normalized spacial score (nSPS) is 12.0. The van der Waals surface area contributed by atoms with E-state index >= 15 is 0 Å². The zero-order valence-corrected chi connectivity index (χ0v) is 8.95. The molecule has 2 rings (SSSR count). The highest BCUT2D eigenvalue weighted by molar-refractivity contribution is 7.99. The number of alkyl halides is 3. The van der Waals surface area contributed by atoms with Gasteiger partial charge in [0.1, 0.15) is 5.52 Å². The monoisotopic (exact) mass is 248 g/mol. The Hall–Kier alpha value is -1.37. The molecule has 0 saturated carbocycles. The highest BCUT2D eigenvalue weighted by Gasteiger charge is 2.37. The summed E-state index contributed by atoms with van der Waals surface area (Å²) >= 11 is 1.27. The molecule has 0 atom stereocenters. The molecule has 1 aromatic heterocycles. The van der Waals surface area contributed by atoms with E-state index in [9.17, 15) is 13.2 Å². The lowest BCUT2D eigenvalue weighted by atomic mass is 10.3. The number of nitrogens with zero attached hydrogens (tertiary/aromatic N) is 1. The summed E-state index contributed by atoms with van der Waals surface area (Å²) in [5.74, 6) is -1.22. The van der Waals surface area contributed by atoms with Gasteiger partial charge in [-0.3, -0.25) is 0 Å². The largest absolute Gasteiger partial charge is 0.468 e. The molecule has 0 saturated heterocycles. The average Bonchev–Trinajstić information content (AvgIpc) is 2.62. The fourth-order valence-electron chi connectivity index (χ4n) is 1.26. The van der Waals surface area contributed by atoms with Crippen molar-refractivity contribution in [3.8, 4) is 0 Å². The molecule has 3 nitrogen and oxygen atoms in total. The fraction of sp³-hybridized carbons (Fsp3) is 0.222. The molecule has 0 amide bonds. The summed E-state index contributed by atoms with van der Waals surface area (Å²) in [6.07, 6.45) is -2.79. The minimum atomic E-state index is -4.56. The first-order valence-electron chi connectivity index (χ1n) is 4.28. The number of nitrogens with one attached hydrogen (secondary N) is 1. The summed E-state index contributed by atoms with van der Waals surface area (Å²) in [7, 11) is 0. The third-order valence-corrected chi connectivity index (χ3v) is 2.30. The number of oxazole rings is 1. The van der Waals surface area contributed by atoms with Gasteiger partial charge in [-0.15, -0.1) is 0 Å². The summed E-state index contributed by atoms with van der Waals surface area (Å²) in [6.45, 7) is 0. The predicted molar refractivity (Wildman–Crippen MR) is 56.1 cm³/mol. The minimum Gasteiger partial charge on any atom is -0.433 e. The Morgan fingerprint density at radius 3 is 2.75 bits per heavy atom. The molecule has 0 spiro atoms. The van der Waals surface area contributed by atoms with Gasteiger partial charge in [-0.05, 0) is 12.1 Å². The van der Waals surface area contributed by atoms with Gasteiger partial charge < -0.3 is 9.14 Å². The van der Waals surface area contributed by atoms with Crippen LogP contribution in [0.2, 0.25) is 0 Å². The van der Waals surface area contributed by atoms with E-state index in [2.05, 4.69) is 14.1 Å². The summed E-state index contributed by atoms with van der Waals surface area (Å²) < 4.78 is 44.6. The highest BCUT2D eigenvalue weighted by Crippen LogP contribution is 2.33. The van der Waals surface area contributed by atoms with Crippen LogP contribution in [-0.2, 0) is 6.18 Å². The van der Waals surface area contributed by atoms with Crippen LogP contribution in [0.15, 0.2) is 22.6 Å². The lowest BCUT2D eigenvalue weighted by Crippen LogP contribution is -2.04. The second kappa shape index (κ2) is 3.89. The van der Waals surface area contributed by atoms with E-state index in [-0.39, 0.29) is 11.1 Å². The number of para-hydroxylation sites is 1. The van der Waals surface area contributed by atoms with Gasteiger partial charge in [-0.25, -0.2) is 4.98 Å². The molecule has 0 radical (unpaired) electrons. The SMILES string of the molecule is CSNc1cccc2oc(C(F)(F)F)nc12. The number of rotatable bonds is 2. The molecule has 0 fully saturated rings. The molecule has 1 N–H and O–H groups in total. The molecule has 0 unspecified atom stereocenters. The molecule has 0 aliphatic heterocycles. The molecule has 0 bridgehead atoms. The number of aromatic nitrogens is 1. The van der Waals surface area contributed by atoms with E-state index in [1.165, 1.54) is 18.0 Å². The summed E-state index contributed by atoms with van der Waals surface area (Å²) in [6, 6.07) is 4.69. The van der Waals surface area contributed by atoms with Crippen molar-refractivity contribution in [2.24, 2.45) is 0 Å². The van der Waals surface area contributed by atoms with Crippen LogP contribution in [0.4, 0.5) is 18.9 Å². The van der Waals surface area contributed by atoms with Gasteiger partial charge in [0.05, 0.1) is 5.69 Å². The maximum absolute atomic E-state index is 12.4. The van der Waals surface area contributed by atoms with E-state index in [0.717, 1.165) is 0 Å². The standard InChI is InChI=1S/C9H7F3N2OS/c1-16-14-5-3-2-4-6-7(5)13-8(15-6)9(10,11)12/h2-4,14H,1H3. The van der Waals surface area contributed by atoms with Crippen LogP contribution in [0, 0.1) is 0 Å². The molecule has 0 aliphatic rings. The van der Waals surface area contributed by atoms with Crippen molar-refractivity contribution in [1.29, 1.82) is 0 Å². The maximum Gasteiger partial charge on any atom is 0.468 e. The topological polar surface area (TPSA) is 38.1 Å². The molecular formula is C9H7F3N2OS. The molecule has 2 aromatic rings. The third kappa shape index (κ3) is 1.95. The molecule has 16 heavy (non-hydrogen) atoms. The van der Waals surface area contributed by atoms with Crippen LogP contribution in [-0.4, -0.2) is 11.2 Å². The first-order chi connectivity index (χ1) is 7.52. The Kier molecular flexibility index (Phi) is 2.71. The first-order valence-corrected chi connectivity index (χ1v) is 5.50. The molecule has 0 aliphatic carbocycles. The van der Waals surface area contributed by atoms with Crippen molar-refractivity contribution in [2.45, 2.75) is 6.18 Å². The Bertz CT molecular complexity index is 509. The van der Waals surface area contributed by atoms with Gasteiger partial charge in [0.25, 0.3) is 0 Å². The van der Waals surface area contributed by atoms with Crippen LogP contribution in [0.25, 0.3) is 11.1 Å². The lowest BCUT2D eigenvalue weighted by Gasteiger charge is -2.00. The number of halogens is 3. The minimum absolute atomic E-state index is 0.117. The number of fused-ring (bicyclic) bond motifs is 1. The molecule has 86 valence electrons. The van der Waals surface area contributed by atoms with Crippen LogP contribution in [0.3, 0.4) is 0 Å². The first kappa shape index (κ1) is 11.1. The van der Waals surface area contributed by atoms with Gasteiger partial charge in [0.15, 0.2) is 5.58 Å². The van der Waals surface area contributed by atoms with Crippen molar-refractivity contribution in [3.05, 3.63) is 24.1 Å². The van der Waals surface area contributed by atoms with Crippen LogP contribution >= 0.6 is 11.9 Å². The maximum atomic E-state index is 12.4. The summed E-state index contributed by atoms with van der Waals surface area (Å²) in [5, 5.41) is 0. The molecule has 1 aromatic carbocycles. The highest BCUT2D eigenvalue weighted by atomic mass is 32.2. The van der Waals surface area contributed by atoms with Gasteiger partial charge in [0, 0.05) is 6.26 Å². The predicted octanol–water partition coefficient (Wildman–Crippen LogP) is 3.54. The third-order valence-electron chi connectivity index (χ3n) is 1.87. The van der Waals surface area contributed by atoms with Crippen LogP contribution in [0.5, 0.6) is 0 Å². The van der Waals surface area contributed by atoms with E-state index in [1.807, 2.05) is 0 Å². The smallest absolute Gasteiger partial charge is 0.433 e. The average molecular weight is 248 g/mol. The Morgan fingerprint density at radius 2 is 2.12 bits per heavy atom. The van der Waals surface area contributed by atoms with Crippen molar-refractivity contribution in [1.82, 2.24) is 4.98 Å². The van der Waals surface area contributed by atoms with Crippen LogP contribution in [0.1, 0.15) is 5.89 Å². The Balaban J connectivity index is 2.57. The van der Waals surface area contributed by atoms with E-state index < -0.39 is 12.1 Å².